The molecule has 4 aliphatic rings. The zero-order chi connectivity index (χ0) is 24.5. The van der Waals surface area contributed by atoms with Crippen LogP contribution in [0.1, 0.15) is 49.7 Å². The topological polar surface area (TPSA) is 69.5 Å². The molecule has 1 saturated carbocycles. The molecule has 1 saturated heterocycles. The van der Waals surface area contributed by atoms with Crippen LogP contribution < -0.4 is 10.2 Å². The summed E-state index contributed by atoms with van der Waals surface area (Å²) in [7, 11) is 0. The zero-order valence-corrected chi connectivity index (χ0v) is 21.2. The minimum atomic E-state index is -0.131. The quantitative estimate of drug-likeness (QED) is 0.580. The monoisotopic (exact) mass is 505 g/mol. The first-order valence-electron chi connectivity index (χ1n) is 13.1. The molecule has 8 heteroatoms. The summed E-state index contributed by atoms with van der Waals surface area (Å²) in [5.41, 5.74) is 4.80. The molecule has 0 aromatic heterocycles. The lowest BCUT2D eigenvalue weighted by Crippen LogP contribution is -2.45. The highest BCUT2D eigenvalue weighted by Crippen LogP contribution is 2.40. The number of nitrogens with zero attached hydrogens (tertiary/aromatic N) is 4. The summed E-state index contributed by atoms with van der Waals surface area (Å²) in [6.45, 7) is 3.03. The van der Waals surface area contributed by atoms with Gasteiger partial charge in [0.15, 0.2) is 0 Å². The number of aliphatic imine (C=N–C) groups is 1. The highest BCUT2D eigenvalue weighted by atomic mass is 35.5. The average molecular weight is 506 g/mol. The van der Waals surface area contributed by atoms with Gasteiger partial charge in [0.2, 0.25) is 0 Å². The summed E-state index contributed by atoms with van der Waals surface area (Å²) in [6.07, 6.45) is 6.93. The minimum Gasteiger partial charge on any atom is -0.381 e. The Morgan fingerprint density at radius 3 is 2.53 bits per heavy atom. The number of carbonyl (C=O) groups is 1. The van der Waals surface area contributed by atoms with E-state index in [0.29, 0.717) is 24.2 Å². The summed E-state index contributed by atoms with van der Waals surface area (Å²) in [4.78, 5) is 20.6. The van der Waals surface area contributed by atoms with Crippen LogP contribution in [0.4, 0.5) is 16.2 Å². The van der Waals surface area contributed by atoms with Crippen molar-refractivity contribution in [2.24, 2.45) is 16.0 Å². The zero-order valence-electron chi connectivity index (χ0n) is 20.5. The van der Waals surface area contributed by atoms with Crippen molar-refractivity contribution in [1.29, 1.82) is 0 Å². The van der Waals surface area contributed by atoms with Gasteiger partial charge in [-0.3, -0.25) is 9.89 Å². The SMILES string of the molecule is O=C1N(c2ccc(CC3=NCCN3)cc2)c2cc(Cl)ccc2C(C2CCCC2)=NN1C1CCOCC1. The molecule has 0 radical (unpaired) electrons. The molecular formula is C28H32ClN5O2. The number of hydrogen-bond donors (Lipinski definition) is 1. The number of halogens is 1. The second kappa shape index (κ2) is 10.2. The number of rotatable bonds is 5. The van der Waals surface area contributed by atoms with E-state index in [1.807, 2.05) is 30.3 Å². The lowest BCUT2D eigenvalue weighted by Gasteiger charge is -2.33. The lowest BCUT2D eigenvalue weighted by atomic mass is 9.93. The van der Waals surface area contributed by atoms with Crippen molar-refractivity contribution >= 4 is 40.6 Å². The number of carbonyl (C=O) groups excluding carboxylic acids is 1. The molecule has 1 aliphatic carbocycles. The number of ether oxygens (including phenoxy) is 1. The van der Waals surface area contributed by atoms with E-state index >= 15 is 0 Å². The Hall–Kier alpha value is -2.90. The standard InChI is InChI=1S/C28H32ClN5O2/c29-21-7-10-24-25(18-21)33(22-8-5-19(6-9-22)17-26-30-13-14-31-26)28(35)34(23-11-15-36-16-12-23)32-27(24)20-3-1-2-4-20/h5-10,18,20,23H,1-4,11-17H2,(H,30,31). The van der Waals surface area contributed by atoms with Gasteiger partial charge in [-0.2, -0.15) is 5.10 Å². The summed E-state index contributed by atoms with van der Waals surface area (Å²) < 4.78 is 5.61. The predicted octanol–water partition coefficient (Wildman–Crippen LogP) is 5.53. The molecule has 7 nitrogen and oxygen atoms in total. The highest BCUT2D eigenvalue weighted by Gasteiger charge is 2.38. The number of fused-ring (bicyclic) bond motifs is 1. The summed E-state index contributed by atoms with van der Waals surface area (Å²) in [6, 6.07) is 14.0. The van der Waals surface area contributed by atoms with Crippen LogP contribution >= 0.6 is 11.6 Å². The van der Waals surface area contributed by atoms with Gasteiger partial charge in [-0.25, -0.2) is 9.80 Å². The van der Waals surface area contributed by atoms with Crippen molar-refractivity contribution in [2.45, 2.75) is 51.0 Å². The second-order valence-corrected chi connectivity index (χ2v) is 10.5. The predicted molar refractivity (Wildman–Crippen MR) is 144 cm³/mol. The van der Waals surface area contributed by atoms with Gasteiger partial charge in [-0.15, -0.1) is 0 Å². The Labute approximate surface area is 217 Å². The molecule has 0 spiro atoms. The molecular weight excluding hydrogens is 474 g/mol. The fraction of sp³-hybridized carbons (Fsp3) is 0.464. The molecule has 3 aliphatic heterocycles. The van der Waals surface area contributed by atoms with E-state index < -0.39 is 0 Å². The highest BCUT2D eigenvalue weighted by molar-refractivity contribution is 6.31. The number of hydrogen-bond acceptors (Lipinski definition) is 5. The third-order valence-electron chi connectivity index (χ3n) is 7.67. The second-order valence-electron chi connectivity index (χ2n) is 10.0. The van der Waals surface area contributed by atoms with Crippen LogP contribution in [-0.4, -0.2) is 54.9 Å². The lowest BCUT2D eigenvalue weighted by molar-refractivity contribution is 0.0481. The Balaban J connectivity index is 1.42. The van der Waals surface area contributed by atoms with Crippen molar-refractivity contribution in [2.75, 3.05) is 31.2 Å². The number of amides is 2. The van der Waals surface area contributed by atoms with Crippen molar-refractivity contribution in [3.8, 4) is 0 Å². The molecule has 188 valence electrons. The van der Waals surface area contributed by atoms with Crippen molar-refractivity contribution in [3.63, 3.8) is 0 Å². The van der Waals surface area contributed by atoms with Crippen molar-refractivity contribution < 1.29 is 9.53 Å². The van der Waals surface area contributed by atoms with E-state index in [-0.39, 0.29) is 12.1 Å². The maximum atomic E-state index is 14.3. The Morgan fingerprint density at radius 1 is 1.03 bits per heavy atom. The summed E-state index contributed by atoms with van der Waals surface area (Å²) in [5.74, 6) is 1.37. The number of anilines is 2. The average Bonchev–Trinajstić information content (AvgIpc) is 3.60. The minimum absolute atomic E-state index is 0.0145. The Bertz CT molecular complexity index is 1180. The van der Waals surface area contributed by atoms with Crippen molar-refractivity contribution in [1.82, 2.24) is 10.3 Å². The van der Waals surface area contributed by atoms with E-state index in [1.165, 1.54) is 12.8 Å². The molecule has 36 heavy (non-hydrogen) atoms. The van der Waals surface area contributed by atoms with E-state index in [1.54, 1.807) is 9.91 Å². The van der Waals surface area contributed by atoms with Gasteiger partial charge in [0.25, 0.3) is 0 Å². The molecule has 0 bridgehead atoms. The molecule has 2 amide bonds. The van der Waals surface area contributed by atoms with Gasteiger partial charge < -0.3 is 10.1 Å². The van der Waals surface area contributed by atoms with Gasteiger partial charge in [-0.05, 0) is 61.6 Å². The number of urea groups is 1. The van der Waals surface area contributed by atoms with Crippen LogP contribution in [-0.2, 0) is 11.2 Å². The van der Waals surface area contributed by atoms with Crippen LogP contribution in [0.15, 0.2) is 52.6 Å². The van der Waals surface area contributed by atoms with E-state index in [2.05, 4.69) is 22.4 Å². The maximum absolute atomic E-state index is 14.3. The number of nitrogens with one attached hydrogen (secondary N) is 1. The molecule has 2 aromatic rings. The number of benzene rings is 2. The molecule has 3 heterocycles. The largest absolute Gasteiger partial charge is 0.381 e. The molecule has 2 aromatic carbocycles. The normalized spacial score (nSPS) is 21.2. The van der Waals surface area contributed by atoms with Gasteiger partial charge >= 0.3 is 6.03 Å². The van der Waals surface area contributed by atoms with Crippen LogP contribution in [0.3, 0.4) is 0 Å². The molecule has 2 fully saturated rings. The molecule has 1 N–H and O–H groups in total. The van der Waals surface area contributed by atoms with Crippen LogP contribution in [0.2, 0.25) is 5.02 Å². The number of hydrazone groups is 1. The first-order valence-corrected chi connectivity index (χ1v) is 13.5. The first kappa shape index (κ1) is 23.5. The van der Waals surface area contributed by atoms with Gasteiger partial charge in [0.05, 0.1) is 29.7 Å². The molecule has 0 atom stereocenters. The molecule has 0 unspecified atom stereocenters. The third kappa shape index (κ3) is 4.62. The van der Waals surface area contributed by atoms with Gasteiger partial charge in [0.1, 0.15) is 5.84 Å². The fourth-order valence-corrected chi connectivity index (χ4v) is 5.93. The van der Waals surface area contributed by atoms with E-state index in [9.17, 15) is 4.79 Å². The fourth-order valence-electron chi connectivity index (χ4n) is 5.76. The van der Waals surface area contributed by atoms with E-state index in [4.69, 9.17) is 21.4 Å². The smallest absolute Gasteiger partial charge is 0.349 e. The molecule has 6 rings (SSSR count). The van der Waals surface area contributed by atoms with Crippen LogP contribution in [0, 0.1) is 5.92 Å². The number of amidine groups is 1. The van der Waals surface area contributed by atoms with Crippen LogP contribution in [0.5, 0.6) is 0 Å². The van der Waals surface area contributed by atoms with Gasteiger partial charge in [0, 0.05) is 42.7 Å². The third-order valence-corrected chi connectivity index (χ3v) is 7.90. The Kier molecular flexibility index (Phi) is 6.67. The maximum Gasteiger partial charge on any atom is 0.349 e. The first-order chi connectivity index (χ1) is 17.7. The van der Waals surface area contributed by atoms with E-state index in [0.717, 1.165) is 79.2 Å². The van der Waals surface area contributed by atoms with Crippen LogP contribution in [0.25, 0.3) is 0 Å². The summed E-state index contributed by atoms with van der Waals surface area (Å²) in [5, 5.41) is 10.8. The van der Waals surface area contributed by atoms with Crippen molar-refractivity contribution in [3.05, 3.63) is 58.6 Å². The summed E-state index contributed by atoms with van der Waals surface area (Å²) >= 11 is 6.52. The Morgan fingerprint density at radius 2 is 1.81 bits per heavy atom. The van der Waals surface area contributed by atoms with Gasteiger partial charge in [-0.1, -0.05) is 36.6 Å².